The highest BCUT2D eigenvalue weighted by molar-refractivity contribution is 4.96. The summed E-state index contributed by atoms with van der Waals surface area (Å²) in [6, 6.07) is 0. The van der Waals surface area contributed by atoms with Crippen molar-refractivity contribution in [1.29, 1.82) is 0 Å². The number of aliphatic hydroxyl groups is 1. The standard InChI is InChI=1S/C9H19NO2/c1-7(12-2)8(11)9(6-10)4-3-5-9/h7-8,11H,3-6,10H2,1-2H3. The van der Waals surface area contributed by atoms with Crippen molar-refractivity contribution < 1.29 is 9.84 Å². The molecule has 3 nitrogen and oxygen atoms in total. The van der Waals surface area contributed by atoms with Gasteiger partial charge in [0.1, 0.15) is 0 Å². The van der Waals surface area contributed by atoms with E-state index in [1.54, 1.807) is 7.11 Å². The van der Waals surface area contributed by atoms with Crippen LogP contribution in [0.4, 0.5) is 0 Å². The molecule has 12 heavy (non-hydrogen) atoms. The Balaban J connectivity index is 2.53. The van der Waals surface area contributed by atoms with Crippen LogP contribution in [-0.4, -0.2) is 31.0 Å². The highest BCUT2D eigenvalue weighted by Crippen LogP contribution is 2.44. The van der Waals surface area contributed by atoms with Crippen molar-refractivity contribution in [3.05, 3.63) is 0 Å². The molecular formula is C9H19NO2. The minimum Gasteiger partial charge on any atom is -0.390 e. The maximum Gasteiger partial charge on any atom is 0.0867 e. The maximum atomic E-state index is 9.88. The zero-order valence-electron chi connectivity index (χ0n) is 7.92. The minimum atomic E-state index is -0.402. The molecular weight excluding hydrogens is 154 g/mol. The Labute approximate surface area is 73.9 Å². The Morgan fingerprint density at radius 3 is 2.42 bits per heavy atom. The predicted molar refractivity (Wildman–Crippen MR) is 47.8 cm³/mol. The summed E-state index contributed by atoms with van der Waals surface area (Å²) in [5.41, 5.74) is 5.60. The van der Waals surface area contributed by atoms with E-state index in [1.807, 2.05) is 6.92 Å². The Bertz CT molecular complexity index is 140. The second-order valence-electron chi connectivity index (χ2n) is 3.81. The number of aliphatic hydroxyl groups excluding tert-OH is 1. The van der Waals surface area contributed by atoms with Crippen LogP contribution in [-0.2, 0) is 4.74 Å². The molecule has 0 aromatic carbocycles. The lowest BCUT2D eigenvalue weighted by Crippen LogP contribution is -2.51. The van der Waals surface area contributed by atoms with Gasteiger partial charge in [-0.1, -0.05) is 6.42 Å². The first-order valence-corrected chi connectivity index (χ1v) is 4.57. The number of methoxy groups -OCH3 is 1. The molecule has 0 radical (unpaired) electrons. The van der Waals surface area contributed by atoms with Crippen LogP contribution in [0.25, 0.3) is 0 Å². The van der Waals surface area contributed by atoms with Crippen LogP contribution < -0.4 is 5.73 Å². The first kappa shape index (κ1) is 9.96. The van der Waals surface area contributed by atoms with Crippen LogP contribution in [0.1, 0.15) is 26.2 Å². The Morgan fingerprint density at radius 1 is 1.58 bits per heavy atom. The van der Waals surface area contributed by atoms with Crippen LogP contribution >= 0.6 is 0 Å². The molecule has 1 fully saturated rings. The highest BCUT2D eigenvalue weighted by Gasteiger charge is 2.44. The van der Waals surface area contributed by atoms with Gasteiger partial charge in [0.05, 0.1) is 12.2 Å². The van der Waals surface area contributed by atoms with Crippen molar-refractivity contribution in [1.82, 2.24) is 0 Å². The van der Waals surface area contributed by atoms with Crippen LogP contribution in [0.5, 0.6) is 0 Å². The van der Waals surface area contributed by atoms with E-state index < -0.39 is 6.10 Å². The third-order valence-electron chi connectivity index (χ3n) is 3.20. The summed E-state index contributed by atoms with van der Waals surface area (Å²) in [7, 11) is 1.62. The van der Waals surface area contributed by atoms with Gasteiger partial charge < -0.3 is 15.6 Å². The van der Waals surface area contributed by atoms with Gasteiger partial charge in [-0.3, -0.25) is 0 Å². The number of rotatable bonds is 4. The number of nitrogens with two attached hydrogens (primary N) is 1. The second kappa shape index (κ2) is 3.73. The normalized spacial score (nSPS) is 26.0. The largest absolute Gasteiger partial charge is 0.390 e. The molecule has 0 aromatic rings. The van der Waals surface area contributed by atoms with Gasteiger partial charge in [-0.05, 0) is 19.8 Å². The molecule has 0 spiro atoms. The molecule has 72 valence electrons. The van der Waals surface area contributed by atoms with E-state index in [9.17, 15) is 5.11 Å². The Hall–Kier alpha value is -0.120. The molecule has 1 rings (SSSR count). The van der Waals surface area contributed by atoms with Crippen LogP contribution in [0.2, 0.25) is 0 Å². The summed E-state index contributed by atoms with van der Waals surface area (Å²) in [6.45, 7) is 2.46. The van der Waals surface area contributed by atoms with E-state index in [0.717, 1.165) is 12.8 Å². The number of ether oxygens (including phenoxy) is 1. The van der Waals surface area contributed by atoms with E-state index in [-0.39, 0.29) is 11.5 Å². The fraction of sp³-hybridized carbons (Fsp3) is 1.00. The molecule has 2 unspecified atom stereocenters. The highest BCUT2D eigenvalue weighted by atomic mass is 16.5. The van der Waals surface area contributed by atoms with E-state index >= 15 is 0 Å². The van der Waals surface area contributed by atoms with Crippen molar-refractivity contribution in [2.75, 3.05) is 13.7 Å². The van der Waals surface area contributed by atoms with E-state index in [1.165, 1.54) is 6.42 Å². The van der Waals surface area contributed by atoms with Gasteiger partial charge in [-0.2, -0.15) is 0 Å². The Kier molecular flexibility index (Phi) is 3.09. The topological polar surface area (TPSA) is 55.5 Å². The fourth-order valence-corrected chi connectivity index (χ4v) is 1.88. The monoisotopic (exact) mass is 173 g/mol. The molecule has 0 heterocycles. The lowest BCUT2D eigenvalue weighted by molar-refractivity contribution is -0.103. The summed E-state index contributed by atoms with van der Waals surface area (Å²) in [4.78, 5) is 0. The average Bonchev–Trinajstić information content (AvgIpc) is 2.02. The molecule has 2 atom stereocenters. The quantitative estimate of drug-likeness (QED) is 0.651. The van der Waals surface area contributed by atoms with Crippen LogP contribution in [0, 0.1) is 5.41 Å². The zero-order valence-corrected chi connectivity index (χ0v) is 7.92. The second-order valence-corrected chi connectivity index (χ2v) is 3.81. The van der Waals surface area contributed by atoms with Crippen LogP contribution in [0.3, 0.4) is 0 Å². The van der Waals surface area contributed by atoms with E-state index in [0.29, 0.717) is 6.54 Å². The van der Waals surface area contributed by atoms with Crippen molar-refractivity contribution in [3.63, 3.8) is 0 Å². The molecule has 1 aliphatic rings. The van der Waals surface area contributed by atoms with Gasteiger partial charge >= 0.3 is 0 Å². The van der Waals surface area contributed by atoms with Crippen LogP contribution in [0.15, 0.2) is 0 Å². The average molecular weight is 173 g/mol. The summed E-state index contributed by atoms with van der Waals surface area (Å²) >= 11 is 0. The summed E-state index contributed by atoms with van der Waals surface area (Å²) in [5.74, 6) is 0. The van der Waals surface area contributed by atoms with Gasteiger partial charge in [0.25, 0.3) is 0 Å². The van der Waals surface area contributed by atoms with Crippen molar-refractivity contribution >= 4 is 0 Å². The maximum absolute atomic E-state index is 9.88. The molecule has 1 saturated carbocycles. The van der Waals surface area contributed by atoms with Gasteiger partial charge in [0, 0.05) is 19.1 Å². The molecule has 0 bridgehead atoms. The van der Waals surface area contributed by atoms with Gasteiger partial charge in [0.15, 0.2) is 0 Å². The first-order valence-electron chi connectivity index (χ1n) is 4.57. The first-order chi connectivity index (χ1) is 5.66. The van der Waals surface area contributed by atoms with Crippen molar-refractivity contribution in [2.24, 2.45) is 11.1 Å². The minimum absolute atomic E-state index is 0.0462. The van der Waals surface area contributed by atoms with Gasteiger partial charge in [-0.15, -0.1) is 0 Å². The smallest absolute Gasteiger partial charge is 0.0867 e. The lowest BCUT2D eigenvalue weighted by atomic mass is 9.64. The third-order valence-corrected chi connectivity index (χ3v) is 3.20. The molecule has 1 aliphatic carbocycles. The number of hydrogen-bond donors (Lipinski definition) is 2. The third kappa shape index (κ3) is 1.49. The zero-order chi connectivity index (χ0) is 9.19. The molecule has 0 saturated heterocycles. The lowest BCUT2D eigenvalue weighted by Gasteiger charge is -2.46. The molecule has 0 amide bonds. The fourth-order valence-electron chi connectivity index (χ4n) is 1.88. The van der Waals surface area contributed by atoms with E-state index in [2.05, 4.69) is 0 Å². The van der Waals surface area contributed by atoms with E-state index in [4.69, 9.17) is 10.5 Å². The Morgan fingerprint density at radius 2 is 2.17 bits per heavy atom. The SMILES string of the molecule is COC(C)C(O)C1(CN)CCC1. The number of hydrogen-bond acceptors (Lipinski definition) is 3. The van der Waals surface area contributed by atoms with Crippen molar-refractivity contribution in [3.8, 4) is 0 Å². The molecule has 3 heteroatoms. The molecule has 0 aromatic heterocycles. The molecule has 0 aliphatic heterocycles. The predicted octanol–water partition coefficient (Wildman–Crippen LogP) is 0.511. The van der Waals surface area contributed by atoms with Crippen molar-refractivity contribution in [2.45, 2.75) is 38.4 Å². The summed E-state index contributed by atoms with van der Waals surface area (Å²) < 4.78 is 5.09. The van der Waals surface area contributed by atoms with Gasteiger partial charge in [-0.25, -0.2) is 0 Å². The molecule has 3 N–H and O–H groups in total. The van der Waals surface area contributed by atoms with Gasteiger partial charge in [0.2, 0.25) is 0 Å². The summed E-state index contributed by atoms with van der Waals surface area (Å²) in [5, 5.41) is 9.88. The summed E-state index contributed by atoms with van der Waals surface area (Å²) in [6.07, 6.45) is 2.76.